The van der Waals surface area contributed by atoms with Gasteiger partial charge in [0, 0.05) is 6.20 Å². The third-order valence-electron chi connectivity index (χ3n) is 1.62. The van der Waals surface area contributed by atoms with Gasteiger partial charge in [-0.1, -0.05) is 0 Å². The minimum absolute atomic E-state index is 0.172. The Labute approximate surface area is 106 Å². The summed E-state index contributed by atoms with van der Waals surface area (Å²) in [4.78, 5) is 3.16. The molecule has 1 rings (SSSR count). The molecule has 0 radical (unpaired) electrons. The van der Waals surface area contributed by atoms with Crippen LogP contribution in [-0.4, -0.2) is 18.5 Å². The van der Waals surface area contributed by atoms with E-state index in [1.807, 2.05) is 0 Å². The van der Waals surface area contributed by atoms with Gasteiger partial charge >= 0.3 is 6.36 Å². The highest BCUT2D eigenvalue weighted by Gasteiger charge is 2.34. The molecule has 0 atom stereocenters. The van der Waals surface area contributed by atoms with Crippen LogP contribution in [0.4, 0.5) is 22.0 Å². The molecule has 3 nitrogen and oxygen atoms in total. The van der Waals surface area contributed by atoms with Crippen LogP contribution < -0.4 is 9.47 Å². The first-order chi connectivity index (χ1) is 7.76. The fraction of sp³-hybridized carbons (Fsp3) is 0.375. The van der Waals surface area contributed by atoms with Crippen LogP contribution in [0.2, 0.25) is 0 Å². The summed E-state index contributed by atoms with van der Waals surface area (Å²) in [7, 11) is 1.04. The van der Waals surface area contributed by atoms with E-state index in [0.717, 1.165) is 7.11 Å². The van der Waals surface area contributed by atoms with Crippen LogP contribution in [0.3, 0.4) is 0 Å². The highest BCUT2D eigenvalue weighted by molar-refractivity contribution is 14.1. The second-order valence-electron chi connectivity index (χ2n) is 2.71. The largest absolute Gasteiger partial charge is 0.574 e. The molecule has 0 amide bonds. The van der Waals surface area contributed by atoms with Gasteiger partial charge in [-0.15, -0.1) is 13.2 Å². The molecule has 0 aliphatic heterocycles. The molecule has 0 saturated heterocycles. The molecule has 0 spiro atoms. The summed E-state index contributed by atoms with van der Waals surface area (Å²) < 4.78 is 68.8. The number of pyridine rings is 1. The van der Waals surface area contributed by atoms with Crippen LogP contribution in [0.1, 0.15) is 12.0 Å². The van der Waals surface area contributed by atoms with Crippen molar-refractivity contribution in [3.05, 3.63) is 15.3 Å². The Bertz CT molecular complexity index is 410. The SMILES string of the molecule is COc1c(OC(F)(F)F)ncc(C(F)F)c1I. The van der Waals surface area contributed by atoms with E-state index in [1.54, 1.807) is 0 Å². The lowest BCUT2D eigenvalue weighted by molar-refractivity contribution is -0.276. The van der Waals surface area contributed by atoms with E-state index in [1.165, 1.54) is 22.6 Å². The zero-order valence-corrected chi connectivity index (χ0v) is 10.3. The first-order valence-electron chi connectivity index (χ1n) is 4.02. The number of rotatable bonds is 3. The quantitative estimate of drug-likeness (QED) is 0.604. The molecule has 1 aromatic rings. The number of hydrogen-bond acceptors (Lipinski definition) is 3. The lowest BCUT2D eigenvalue weighted by Crippen LogP contribution is -2.19. The van der Waals surface area contributed by atoms with Gasteiger partial charge in [0.25, 0.3) is 12.3 Å². The number of hydrogen-bond donors (Lipinski definition) is 0. The predicted octanol–water partition coefficient (Wildman–Crippen LogP) is 3.53. The molecule has 1 aromatic heterocycles. The third-order valence-corrected chi connectivity index (χ3v) is 2.73. The van der Waals surface area contributed by atoms with Crippen LogP contribution in [-0.2, 0) is 0 Å². The summed E-state index contributed by atoms with van der Waals surface area (Å²) in [6.07, 6.45) is -7.20. The highest BCUT2D eigenvalue weighted by atomic mass is 127. The van der Waals surface area contributed by atoms with Gasteiger partial charge in [0.2, 0.25) is 0 Å². The van der Waals surface area contributed by atoms with Crippen LogP contribution in [0, 0.1) is 3.57 Å². The van der Waals surface area contributed by atoms with Gasteiger partial charge in [0.05, 0.1) is 16.2 Å². The summed E-state index contributed by atoms with van der Waals surface area (Å²) in [6.45, 7) is 0. The minimum Gasteiger partial charge on any atom is -0.490 e. The molecular formula is C8H5F5INO2. The standard InChI is InChI=1S/C8H5F5INO2/c1-16-5-4(14)3(6(9)10)2-15-7(5)17-8(11,12)13/h2,6H,1H3. The van der Waals surface area contributed by atoms with E-state index >= 15 is 0 Å². The Hall–Kier alpha value is -0.870. The Kier molecular flexibility index (Phi) is 4.33. The molecule has 0 aliphatic carbocycles. The summed E-state index contributed by atoms with van der Waals surface area (Å²) in [5.41, 5.74) is -0.517. The lowest BCUT2D eigenvalue weighted by atomic mass is 10.3. The maximum atomic E-state index is 12.5. The smallest absolute Gasteiger partial charge is 0.490 e. The van der Waals surface area contributed by atoms with Gasteiger partial charge in [-0.2, -0.15) is 0 Å². The number of alkyl halides is 5. The number of aromatic nitrogens is 1. The molecule has 0 aromatic carbocycles. The molecule has 0 fully saturated rings. The molecule has 0 saturated carbocycles. The Balaban J connectivity index is 3.21. The van der Waals surface area contributed by atoms with Gasteiger partial charge in [-0.25, -0.2) is 13.8 Å². The fourth-order valence-corrected chi connectivity index (χ4v) is 1.81. The molecule has 17 heavy (non-hydrogen) atoms. The van der Waals surface area contributed by atoms with E-state index in [2.05, 4.69) is 14.5 Å². The van der Waals surface area contributed by atoms with Crippen molar-refractivity contribution in [2.75, 3.05) is 7.11 Å². The van der Waals surface area contributed by atoms with Crippen LogP contribution in [0.25, 0.3) is 0 Å². The molecule has 96 valence electrons. The van der Waals surface area contributed by atoms with Crippen molar-refractivity contribution in [1.82, 2.24) is 4.98 Å². The average molecular weight is 369 g/mol. The van der Waals surface area contributed by atoms with Gasteiger partial charge in [0.15, 0.2) is 5.75 Å². The summed E-state index contributed by atoms with van der Waals surface area (Å²) in [6, 6.07) is 0. The third kappa shape index (κ3) is 3.54. The van der Waals surface area contributed by atoms with Crippen LogP contribution in [0.5, 0.6) is 11.6 Å². The van der Waals surface area contributed by atoms with Crippen LogP contribution in [0.15, 0.2) is 6.20 Å². The first-order valence-corrected chi connectivity index (χ1v) is 5.10. The maximum absolute atomic E-state index is 12.5. The zero-order valence-electron chi connectivity index (χ0n) is 8.19. The molecular weight excluding hydrogens is 364 g/mol. The summed E-state index contributed by atoms with van der Waals surface area (Å²) in [5.74, 6) is -1.37. The van der Waals surface area contributed by atoms with Crippen molar-refractivity contribution < 1.29 is 31.4 Å². The van der Waals surface area contributed by atoms with Crippen molar-refractivity contribution in [3.8, 4) is 11.6 Å². The van der Waals surface area contributed by atoms with Crippen molar-refractivity contribution in [2.24, 2.45) is 0 Å². The molecule has 0 N–H and O–H groups in total. The number of ether oxygens (including phenoxy) is 2. The van der Waals surface area contributed by atoms with Crippen molar-refractivity contribution in [2.45, 2.75) is 12.8 Å². The number of nitrogens with zero attached hydrogens (tertiary/aromatic N) is 1. The van der Waals surface area contributed by atoms with Crippen LogP contribution >= 0.6 is 22.6 Å². The second kappa shape index (κ2) is 5.19. The summed E-state index contributed by atoms with van der Waals surface area (Å²) in [5, 5.41) is 0. The fourth-order valence-electron chi connectivity index (χ4n) is 0.980. The molecule has 0 unspecified atom stereocenters. The van der Waals surface area contributed by atoms with Gasteiger partial charge < -0.3 is 9.47 Å². The van der Waals surface area contributed by atoms with Crippen molar-refractivity contribution >= 4 is 22.6 Å². The number of halogens is 6. The Morgan fingerprint density at radius 1 is 1.35 bits per heavy atom. The zero-order chi connectivity index (χ0) is 13.2. The van der Waals surface area contributed by atoms with Gasteiger partial charge in [-0.3, -0.25) is 0 Å². The summed E-state index contributed by atoms with van der Waals surface area (Å²) >= 11 is 1.44. The van der Waals surface area contributed by atoms with E-state index < -0.39 is 30.0 Å². The Morgan fingerprint density at radius 2 is 1.94 bits per heavy atom. The van der Waals surface area contributed by atoms with E-state index in [9.17, 15) is 22.0 Å². The van der Waals surface area contributed by atoms with Crippen molar-refractivity contribution in [1.29, 1.82) is 0 Å². The average Bonchev–Trinajstić information content (AvgIpc) is 2.15. The Morgan fingerprint density at radius 3 is 2.35 bits per heavy atom. The minimum atomic E-state index is -4.96. The van der Waals surface area contributed by atoms with E-state index in [-0.39, 0.29) is 3.57 Å². The predicted molar refractivity (Wildman–Crippen MR) is 55.1 cm³/mol. The number of methoxy groups -OCH3 is 1. The molecule has 1 heterocycles. The monoisotopic (exact) mass is 369 g/mol. The first kappa shape index (κ1) is 14.2. The van der Waals surface area contributed by atoms with Crippen molar-refractivity contribution in [3.63, 3.8) is 0 Å². The molecule has 0 bridgehead atoms. The molecule has 0 aliphatic rings. The van der Waals surface area contributed by atoms with Gasteiger partial charge in [-0.05, 0) is 22.6 Å². The highest BCUT2D eigenvalue weighted by Crippen LogP contribution is 2.38. The molecule has 9 heteroatoms. The topological polar surface area (TPSA) is 31.4 Å². The maximum Gasteiger partial charge on any atom is 0.574 e. The lowest BCUT2D eigenvalue weighted by Gasteiger charge is -2.14. The normalized spacial score (nSPS) is 11.8. The second-order valence-corrected chi connectivity index (χ2v) is 3.79. The van der Waals surface area contributed by atoms with E-state index in [0.29, 0.717) is 6.20 Å². The van der Waals surface area contributed by atoms with Gasteiger partial charge in [0.1, 0.15) is 0 Å². The van der Waals surface area contributed by atoms with E-state index in [4.69, 9.17) is 0 Å².